The van der Waals surface area contributed by atoms with Crippen LogP contribution in [0.25, 0.3) is 0 Å². The van der Waals surface area contributed by atoms with E-state index in [1.807, 2.05) is 11.6 Å². The molecule has 2 heterocycles. The van der Waals surface area contributed by atoms with Gasteiger partial charge < -0.3 is 14.8 Å². The standard InChI is InChI=1S/C12H23N5/c1-10(11-4-6-16(2)7-5-11)13-8-12-15-14-9-17(12)3/h9-11,13H,4-8H2,1-3H3. The van der Waals surface area contributed by atoms with Gasteiger partial charge in [0.1, 0.15) is 12.2 Å². The molecule has 5 heteroatoms. The van der Waals surface area contributed by atoms with Gasteiger partial charge in [0.05, 0.1) is 6.54 Å². The first-order chi connectivity index (χ1) is 8.16. The van der Waals surface area contributed by atoms with E-state index >= 15 is 0 Å². The molecule has 1 aliphatic rings. The van der Waals surface area contributed by atoms with Crippen molar-refractivity contribution in [2.75, 3.05) is 20.1 Å². The summed E-state index contributed by atoms with van der Waals surface area (Å²) in [4.78, 5) is 2.41. The van der Waals surface area contributed by atoms with Crippen molar-refractivity contribution in [3.05, 3.63) is 12.2 Å². The van der Waals surface area contributed by atoms with E-state index in [4.69, 9.17) is 0 Å². The summed E-state index contributed by atoms with van der Waals surface area (Å²) in [6.45, 7) is 5.54. The summed E-state index contributed by atoms with van der Waals surface area (Å²) in [7, 11) is 4.19. The van der Waals surface area contributed by atoms with Crippen molar-refractivity contribution in [3.63, 3.8) is 0 Å². The number of hydrogen-bond donors (Lipinski definition) is 1. The number of rotatable bonds is 4. The van der Waals surface area contributed by atoms with Crippen LogP contribution < -0.4 is 5.32 Å². The number of piperidine rings is 1. The van der Waals surface area contributed by atoms with Gasteiger partial charge in [0.2, 0.25) is 0 Å². The molecule has 1 unspecified atom stereocenters. The summed E-state index contributed by atoms with van der Waals surface area (Å²) in [5, 5.41) is 11.5. The van der Waals surface area contributed by atoms with Crippen LogP contribution in [-0.2, 0) is 13.6 Å². The zero-order chi connectivity index (χ0) is 12.3. The minimum absolute atomic E-state index is 0.556. The zero-order valence-corrected chi connectivity index (χ0v) is 11.1. The van der Waals surface area contributed by atoms with Gasteiger partial charge in [-0.25, -0.2) is 0 Å². The smallest absolute Gasteiger partial charge is 0.146 e. The Morgan fingerprint density at radius 1 is 1.41 bits per heavy atom. The quantitative estimate of drug-likeness (QED) is 0.834. The zero-order valence-electron chi connectivity index (χ0n) is 11.1. The highest BCUT2D eigenvalue weighted by atomic mass is 15.3. The van der Waals surface area contributed by atoms with Crippen LogP contribution in [0, 0.1) is 5.92 Å². The molecular weight excluding hydrogens is 214 g/mol. The van der Waals surface area contributed by atoms with Gasteiger partial charge in [0.25, 0.3) is 0 Å². The first kappa shape index (κ1) is 12.5. The van der Waals surface area contributed by atoms with Crippen LogP contribution in [0.15, 0.2) is 6.33 Å². The van der Waals surface area contributed by atoms with Crippen molar-refractivity contribution in [2.24, 2.45) is 13.0 Å². The Labute approximate surface area is 103 Å². The van der Waals surface area contributed by atoms with Crippen LogP contribution in [0.2, 0.25) is 0 Å². The molecule has 0 saturated carbocycles. The van der Waals surface area contributed by atoms with Gasteiger partial charge in [0, 0.05) is 13.1 Å². The minimum atomic E-state index is 0.556. The summed E-state index contributed by atoms with van der Waals surface area (Å²) in [5.74, 6) is 1.80. The molecule has 0 bridgehead atoms. The molecule has 0 amide bonds. The predicted octanol–water partition coefficient (Wildman–Crippen LogP) is 0.635. The number of nitrogens with zero attached hydrogens (tertiary/aromatic N) is 4. The minimum Gasteiger partial charge on any atom is -0.320 e. The average Bonchev–Trinajstić information content (AvgIpc) is 2.73. The Morgan fingerprint density at radius 2 is 2.12 bits per heavy atom. The van der Waals surface area contributed by atoms with Gasteiger partial charge in [-0.2, -0.15) is 0 Å². The third-order valence-electron chi connectivity index (χ3n) is 3.86. The lowest BCUT2D eigenvalue weighted by atomic mass is 9.90. The van der Waals surface area contributed by atoms with E-state index in [0.717, 1.165) is 18.3 Å². The number of aromatic nitrogens is 3. The molecule has 1 saturated heterocycles. The molecule has 1 aromatic rings. The van der Waals surface area contributed by atoms with E-state index in [-0.39, 0.29) is 0 Å². The SMILES string of the molecule is CC(NCc1nncn1C)C1CCN(C)CC1. The van der Waals surface area contributed by atoms with Crippen LogP contribution in [0.4, 0.5) is 0 Å². The maximum Gasteiger partial charge on any atom is 0.146 e. The average molecular weight is 237 g/mol. The molecule has 1 aromatic heterocycles. The van der Waals surface area contributed by atoms with E-state index in [1.165, 1.54) is 25.9 Å². The molecule has 0 aromatic carbocycles. The van der Waals surface area contributed by atoms with Gasteiger partial charge >= 0.3 is 0 Å². The van der Waals surface area contributed by atoms with Gasteiger partial charge in [-0.3, -0.25) is 0 Å². The molecule has 0 spiro atoms. The summed E-state index contributed by atoms with van der Waals surface area (Å²) < 4.78 is 1.97. The van der Waals surface area contributed by atoms with Crippen LogP contribution in [-0.4, -0.2) is 45.8 Å². The van der Waals surface area contributed by atoms with E-state index in [1.54, 1.807) is 6.33 Å². The highest BCUT2D eigenvalue weighted by molar-refractivity contribution is 4.86. The Kier molecular flexibility index (Phi) is 4.12. The summed E-state index contributed by atoms with van der Waals surface area (Å²) >= 11 is 0. The Bertz CT molecular complexity index is 340. The second kappa shape index (κ2) is 5.60. The largest absolute Gasteiger partial charge is 0.320 e. The fraction of sp³-hybridized carbons (Fsp3) is 0.833. The number of hydrogen-bond acceptors (Lipinski definition) is 4. The molecule has 0 radical (unpaired) electrons. The van der Waals surface area contributed by atoms with Crippen molar-refractivity contribution in [1.29, 1.82) is 0 Å². The van der Waals surface area contributed by atoms with Crippen molar-refractivity contribution in [2.45, 2.75) is 32.4 Å². The van der Waals surface area contributed by atoms with Crippen LogP contribution in [0.5, 0.6) is 0 Å². The lowest BCUT2D eigenvalue weighted by molar-refractivity contribution is 0.189. The maximum atomic E-state index is 4.09. The number of aryl methyl sites for hydroxylation is 1. The summed E-state index contributed by atoms with van der Waals surface area (Å²) in [5.41, 5.74) is 0. The van der Waals surface area contributed by atoms with Crippen molar-refractivity contribution < 1.29 is 0 Å². The van der Waals surface area contributed by atoms with Crippen molar-refractivity contribution >= 4 is 0 Å². The van der Waals surface area contributed by atoms with Crippen LogP contribution in [0.3, 0.4) is 0 Å². The predicted molar refractivity (Wildman–Crippen MR) is 67.5 cm³/mol. The third-order valence-corrected chi connectivity index (χ3v) is 3.86. The molecule has 1 atom stereocenters. The third kappa shape index (κ3) is 3.26. The molecule has 5 nitrogen and oxygen atoms in total. The Morgan fingerprint density at radius 3 is 2.71 bits per heavy atom. The van der Waals surface area contributed by atoms with Crippen molar-refractivity contribution in [1.82, 2.24) is 25.0 Å². The number of nitrogens with one attached hydrogen (secondary N) is 1. The summed E-state index contributed by atoms with van der Waals surface area (Å²) in [6, 6.07) is 0.556. The van der Waals surface area contributed by atoms with Gasteiger partial charge in [0.15, 0.2) is 0 Å². The second-order valence-electron chi connectivity index (χ2n) is 5.17. The first-order valence-corrected chi connectivity index (χ1v) is 6.41. The molecule has 96 valence electrons. The molecule has 1 aliphatic heterocycles. The second-order valence-corrected chi connectivity index (χ2v) is 5.17. The fourth-order valence-corrected chi connectivity index (χ4v) is 2.41. The van der Waals surface area contributed by atoms with E-state index in [2.05, 4.69) is 34.4 Å². The highest BCUT2D eigenvalue weighted by Crippen LogP contribution is 2.19. The number of likely N-dealkylation sites (tertiary alicyclic amines) is 1. The molecule has 17 heavy (non-hydrogen) atoms. The monoisotopic (exact) mass is 237 g/mol. The molecule has 0 aliphatic carbocycles. The first-order valence-electron chi connectivity index (χ1n) is 6.41. The van der Waals surface area contributed by atoms with E-state index < -0.39 is 0 Å². The van der Waals surface area contributed by atoms with Gasteiger partial charge in [-0.15, -0.1) is 10.2 Å². The Hall–Kier alpha value is -0.940. The molecule has 1 fully saturated rings. The fourth-order valence-electron chi connectivity index (χ4n) is 2.41. The van der Waals surface area contributed by atoms with E-state index in [9.17, 15) is 0 Å². The summed E-state index contributed by atoms with van der Waals surface area (Å²) in [6.07, 6.45) is 4.34. The highest BCUT2D eigenvalue weighted by Gasteiger charge is 2.22. The van der Waals surface area contributed by atoms with Crippen LogP contribution in [0.1, 0.15) is 25.6 Å². The van der Waals surface area contributed by atoms with Gasteiger partial charge in [-0.1, -0.05) is 0 Å². The van der Waals surface area contributed by atoms with E-state index in [0.29, 0.717) is 6.04 Å². The lowest BCUT2D eigenvalue weighted by Crippen LogP contribution is -2.40. The maximum absolute atomic E-state index is 4.09. The van der Waals surface area contributed by atoms with Gasteiger partial charge in [-0.05, 0) is 45.8 Å². The van der Waals surface area contributed by atoms with Crippen LogP contribution >= 0.6 is 0 Å². The molecule has 1 N–H and O–H groups in total. The Balaban J connectivity index is 1.77. The normalized spacial score (nSPS) is 20.6. The molecule has 2 rings (SSSR count). The topological polar surface area (TPSA) is 46.0 Å². The van der Waals surface area contributed by atoms with Crippen molar-refractivity contribution in [3.8, 4) is 0 Å². The lowest BCUT2D eigenvalue weighted by Gasteiger charge is -2.33. The molecular formula is C12H23N5.